The van der Waals surface area contributed by atoms with Gasteiger partial charge in [-0.15, -0.1) is 0 Å². The molecule has 72 valence electrons. The van der Waals surface area contributed by atoms with E-state index in [2.05, 4.69) is 11.5 Å². The van der Waals surface area contributed by atoms with Crippen LogP contribution in [-0.2, 0) is 6.54 Å². The molecule has 0 saturated carbocycles. The van der Waals surface area contributed by atoms with Crippen molar-refractivity contribution in [3.05, 3.63) is 34.7 Å². The van der Waals surface area contributed by atoms with Crippen LogP contribution >= 0.6 is 11.8 Å². The van der Waals surface area contributed by atoms with Crippen LogP contribution in [0.3, 0.4) is 0 Å². The molecule has 0 amide bonds. The SMILES string of the molecule is CCSCCCn1ccc(=O)cc1. The van der Waals surface area contributed by atoms with Gasteiger partial charge in [-0.1, -0.05) is 6.92 Å². The number of rotatable bonds is 5. The van der Waals surface area contributed by atoms with E-state index in [1.165, 1.54) is 17.9 Å². The van der Waals surface area contributed by atoms with E-state index < -0.39 is 0 Å². The zero-order valence-corrected chi connectivity index (χ0v) is 8.72. The van der Waals surface area contributed by atoms with Gasteiger partial charge in [0.1, 0.15) is 0 Å². The molecule has 0 aromatic carbocycles. The molecule has 0 saturated heterocycles. The summed E-state index contributed by atoms with van der Waals surface area (Å²) in [5, 5.41) is 0. The Bertz CT molecular complexity index is 275. The van der Waals surface area contributed by atoms with Gasteiger partial charge in [0.15, 0.2) is 5.43 Å². The van der Waals surface area contributed by atoms with Crippen LogP contribution in [0.5, 0.6) is 0 Å². The molecule has 0 aliphatic heterocycles. The fourth-order valence-corrected chi connectivity index (χ4v) is 1.71. The maximum Gasteiger partial charge on any atom is 0.181 e. The second kappa shape index (κ2) is 5.86. The largest absolute Gasteiger partial charge is 0.354 e. The Morgan fingerprint density at radius 3 is 2.69 bits per heavy atom. The first-order chi connectivity index (χ1) is 6.33. The fraction of sp³-hybridized carbons (Fsp3) is 0.500. The molecule has 0 aliphatic rings. The molecule has 0 atom stereocenters. The monoisotopic (exact) mass is 197 g/mol. The Kier molecular flexibility index (Phi) is 4.68. The second-order valence-electron chi connectivity index (χ2n) is 2.82. The van der Waals surface area contributed by atoms with Crippen LogP contribution in [0.2, 0.25) is 0 Å². The molecule has 1 aromatic rings. The smallest absolute Gasteiger partial charge is 0.181 e. The van der Waals surface area contributed by atoms with Crippen LogP contribution in [0.15, 0.2) is 29.3 Å². The zero-order valence-electron chi connectivity index (χ0n) is 7.90. The van der Waals surface area contributed by atoms with Crippen molar-refractivity contribution in [3.63, 3.8) is 0 Å². The minimum Gasteiger partial charge on any atom is -0.354 e. The second-order valence-corrected chi connectivity index (χ2v) is 4.22. The Morgan fingerprint density at radius 1 is 1.38 bits per heavy atom. The van der Waals surface area contributed by atoms with E-state index in [1.54, 1.807) is 12.1 Å². The molecule has 13 heavy (non-hydrogen) atoms. The van der Waals surface area contributed by atoms with Crippen LogP contribution in [0, 0.1) is 0 Å². The summed E-state index contributed by atoms with van der Waals surface area (Å²) in [6, 6.07) is 3.21. The number of hydrogen-bond donors (Lipinski definition) is 0. The van der Waals surface area contributed by atoms with E-state index in [0.717, 1.165) is 6.54 Å². The summed E-state index contributed by atoms with van der Waals surface area (Å²) in [4.78, 5) is 10.8. The topological polar surface area (TPSA) is 22.0 Å². The first-order valence-corrected chi connectivity index (χ1v) is 5.72. The molecular weight excluding hydrogens is 182 g/mol. The third-order valence-corrected chi connectivity index (χ3v) is 2.76. The Balaban J connectivity index is 2.29. The lowest BCUT2D eigenvalue weighted by Gasteiger charge is -2.04. The van der Waals surface area contributed by atoms with E-state index in [0.29, 0.717) is 0 Å². The van der Waals surface area contributed by atoms with Crippen molar-refractivity contribution in [1.82, 2.24) is 4.57 Å². The van der Waals surface area contributed by atoms with E-state index in [-0.39, 0.29) is 5.43 Å². The van der Waals surface area contributed by atoms with Crippen molar-refractivity contribution in [1.29, 1.82) is 0 Å². The molecule has 0 fully saturated rings. The number of aryl methyl sites for hydroxylation is 1. The minimum atomic E-state index is 0.0826. The van der Waals surface area contributed by atoms with Gasteiger partial charge in [0.2, 0.25) is 0 Å². The predicted octanol–water partition coefficient (Wildman–Crippen LogP) is 1.99. The van der Waals surface area contributed by atoms with Gasteiger partial charge in [0.25, 0.3) is 0 Å². The lowest BCUT2D eigenvalue weighted by Crippen LogP contribution is -2.04. The third-order valence-electron chi connectivity index (χ3n) is 1.77. The molecule has 1 aromatic heterocycles. The summed E-state index contributed by atoms with van der Waals surface area (Å²) in [6.07, 6.45) is 4.86. The van der Waals surface area contributed by atoms with Crippen molar-refractivity contribution < 1.29 is 0 Å². The molecule has 0 aliphatic carbocycles. The summed E-state index contributed by atoms with van der Waals surface area (Å²) >= 11 is 1.96. The maximum atomic E-state index is 10.8. The highest BCUT2D eigenvalue weighted by molar-refractivity contribution is 7.99. The predicted molar refractivity (Wildman–Crippen MR) is 58.3 cm³/mol. The summed E-state index contributed by atoms with van der Waals surface area (Å²) in [5.41, 5.74) is 0.0826. The van der Waals surface area contributed by atoms with Crippen molar-refractivity contribution >= 4 is 11.8 Å². The Labute approximate surface area is 83.0 Å². The van der Waals surface area contributed by atoms with Gasteiger partial charge >= 0.3 is 0 Å². The van der Waals surface area contributed by atoms with E-state index >= 15 is 0 Å². The highest BCUT2D eigenvalue weighted by Gasteiger charge is 1.89. The molecule has 0 radical (unpaired) electrons. The first-order valence-electron chi connectivity index (χ1n) is 4.57. The summed E-state index contributed by atoms with van der Waals surface area (Å²) in [5.74, 6) is 2.38. The molecular formula is C10H15NOS. The number of aromatic nitrogens is 1. The minimum absolute atomic E-state index is 0.0826. The Hall–Kier alpha value is -0.700. The fourth-order valence-electron chi connectivity index (χ4n) is 1.09. The zero-order chi connectivity index (χ0) is 9.52. The van der Waals surface area contributed by atoms with Gasteiger partial charge in [-0.2, -0.15) is 11.8 Å². The van der Waals surface area contributed by atoms with Gasteiger partial charge in [-0.05, 0) is 17.9 Å². The molecule has 0 N–H and O–H groups in total. The van der Waals surface area contributed by atoms with E-state index in [1.807, 2.05) is 24.2 Å². The highest BCUT2D eigenvalue weighted by Crippen LogP contribution is 2.01. The molecule has 1 heterocycles. The van der Waals surface area contributed by atoms with Crippen molar-refractivity contribution in [2.45, 2.75) is 19.9 Å². The van der Waals surface area contributed by atoms with Crippen LogP contribution in [0.25, 0.3) is 0 Å². The lowest BCUT2D eigenvalue weighted by molar-refractivity contribution is 0.678. The number of hydrogen-bond acceptors (Lipinski definition) is 2. The maximum absolute atomic E-state index is 10.8. The quantitative estimate of drug-likeness (QED) is 0.673. The van der Waals surface area contributed by atoms with Gasteiger partial charge in [-0.3, -0.25) is 4.79 Å². The molecule has 0 spiro atoms. The van der Waals surface area contributed by atoms with Crippen LogP contribution in [-0.4, -0.2) is 16.1 Å². The van der Waals surface area contributed by atoms with Crippen molar-refractivity contribution in [2.24, 2.45) is 0 Å². The number of nitrogens with zero attached hydrogens (tertiary/aromatic N) is 1. The molecule has 0 unspecified atom stereocenters. The van der Waals surface area contributed by atoms with Crippen molar-refractivity contribution in [3.8, 4) is 0 Å². The average molecular weight is 197 g/mol. The summed E-state index contributed by atoms with van der Waals surface area (Å²) in [7, 11) is 0. The molecule has 3 heteroatoms. The normalized spacial score (nSPS) is 10.2. The first kappa shape index (κ1) is 10.4. The molecule has 2 nitrogen and oxygen atoms in total. The van der Waals surface area contributed by atoms with Crippen LogP contribution in [0.4, 0.5) is 0 Å². The van der Waals surface area contributed by atoms with E-state index in [9.17, 15) is 4.79 Å². The van der Waals surface area contributed by atoms with Crippen LogP contribution < -0.4 is 5.43 Å². The number of thioether (sulfide) groups is 1. The highest BCUT2D eigenvalue weighted by atomic mass is 32.2. The third kappa shape index (κ3) is 4.18. The summed E-state index contributed by atoms with van der Waals surface area (Å²) < 4.78 is 2.05. The lowest BCUT2D eigenvalue weighted by atomic mass is 10.4. The van der Waals surface area contributed by atoms with Gasteiger partial charge in [0.05, 0.1) is 0 Å². The van der Waals surface area contributed by atoms with Crippen LogP contribution in [0.1, 0.15) is 13.3 Å². The van der Waals surface area contributed by atoms with Gasteiger partial charge in [-0.25, -0.2) is 0 Å². The Morgan fingerprint density at radius 2 is 2.08 bits per heavy atom. The van der Waals surface area contributed by atoms with Crippen molar-refractivity contribution in [2.75, 3.05) is 11.5 Å². The molecule has 0 bridgehead atoms. The summed E-state index contributed by atoms with van der Waals surface area (Å²) in [6.45, 7) is 3.18. The standard InChI is InChI=1S/C10H15NOS/c1-2-13-9-3-6-11-7-4-10(12)5-8-11/h4-5,7-8H,2-3,6,9H2,1H3. The number of pyridine rings is 1. The molecule has 1 rings (SSSR count). The van der Waals surface area contributed by atoms with E-state index in [4.69, 9.17) is 0 Å². The van der Waals surface area contributed by atoms with Gasteiger partial charge in [0, 0.05) is 31.1 Å². The van der Waals surface area contributed by atoms with Gasteiger partial charge < -0.3 is 4.57 Å². The average Bonchev–Trinajstić information content (AvgIpc) is 2.15.